The summed E-state index contributed by atoms with van der Waals surface area (Å²) >= 11 is 0. The van der Waals surface area contributed by atoms with Gasteiger partial charge in [0.25, 0.3) is 0 Å². The van der Waals surface area contributed by atoms with E-state index in [1.165, 1.54) is 5.56 Å². The van der Waals surface area contributed by atoms with Crippen LogP contribution in [-0.4, -0.2) is 24.7 Å². The Morgan fingerprint density at radius 1 is 1.53 bits per heavy atom. The van der Waals surface area contributed by atoms with Crippen LogP contribution in [0.3, 0.4) is 0 Å². The van der Waals surface area contributed by atoms with Gasteiger partial charge in [0.15, 0.2) is 11.6 Å². The Labute approximate surface area is 91.1 Å². The van der Waals surface area contributed by atoms with Crippen molar-refractivity contribution in [2.75, 3.05) is 24.6 Å². The van der Waals surface area contributed by atoms with E-state index in [2.05, 4.69) is 36.7 Å². The van der Waals surface area contributed by atoms with E-state index in [0.29, 0.717) is 5.92 Å². The van der Waals surface area contributed by atoms with Crippen molar-refractivity contribution in [3.05, 3.63) is 17.8 Å². The second kappa shape index (κ2) is 4.09. The van der Waals surface area contributed by atoms with Gasteiger partial charge < -0.3 is 9.64 Å². The Morgan fingerprint density at radius 3 is 3.00 bits per heavy atom. The summed E-state index contributed by atoms with van der Waals surface area (Å²) in [5.41, 5.74) is 1.24. The fraction of sp³-hybridized carbons (Fsp3) is 0.583. The molecule has 0 N–H and O–H groups in total. The molecule has 0 aliphatic carbocycles. The first-order chi connectivity index (χ1) is 7.22. The molecule has 0 aromatic carbocycles. The van der Waals surface area contributed by atoms with Gasteiger partial charge in [0, 0.05) is 12.7 Å². The summed E-state index contributed by atoms with van der Waals surface area (Å²) in [6.07, 6.45) is 1.96. The number of aromatic nitrogens is 1. The molecule has 15 heavy (non-hydrogen) atoms. The lowest BCUT2D eigenvalue weighted by atomic mass is 10.1. The highest BCUT2D eigenvalue weighted by molar-refractivity contribution is 5.55. The van der Waals surface area contributed by atoms with Gasteiger partial charge in [-0.25, -0.2) is 4.98 Å². The number of nitrogens with zero attached hydrogens (tertiary/aromatic N) is 2. The van der Waals surface area contributed by atoms with Crippen molar-refractivity contribution in [2.45, 2.75) is 26.7 Å². The summed E-state index contributed by atoms with van der Waals surface area (Å²) in [6.45, 7) is 9.19. The molecule has 0 fully saturated rings. The predicted octanol–water partition coefficient (Wildman–Crippen LogP) is 2.42. The third kappa shape index (κ3) is 1.91. The van der Waals surface area contributed by atoms with Crippen molar-refractivity contribution in [2.24, 2.45) is 0 Å². The highest BCUT2D eigenvalue weighted by Gasteiger charge is 2.18. The van der Waals surface area contributed by atoms with Gasteiger partial charge in [0.1, 0.15) is 6.61 Å². The van der Waals surface area contributed by atoms with Crippen LogP contribution in [0.4, 0.5) is 5.82 Å². The Kier molecular flexibility index (Phi) is 2.80. The van der Waals surface area contributed by atoms with Gasteiger partial charge in [0.05, 0.1) is 6.54 Å². The van der Waals surface area contributed by atoms with Gasteiger partial charge in [0.2, 0.25) is 0 Å². The fourth-order valence-electron chi connectivity index (χ4n) is 1.79. The molecule has 2 rings (SSSR count). The third-order valence-electron chi connectivity index (χ3n) is 2.82. The second-order valence-electron chi connectivity index (χ2n) is 4.17. The zero-order valence-electron chi connectivity index (χ0n) is 9.66. The monoisotopic (exact) mass is 206 g/mol. The number of fused-ring (bicyclic) bond motifs is 1. The topological polar surface area (TPSA) is 25.4 Å². The van der Waals surface area contributed by atoms with Crippen LogP contribution in [-0.2, 0) is 0 Å². The lowest BCUT2D eigenvalue weighted by molar-refractivity contribution is 0.305. The van der Waals surface area contributed by atoms with Crippen LogP contribution in [0.25, 0.3) is 0 Å². The molecule has 1 aromatic rings. The molecule has 0 bridgehead atoms. The molecule has 82 valence electrons. The average molecular weight is 206 g/mol. The smallest absolute Gasteiger partial charge is 0.171 e. The van der Waals surface area contributed by atoms with Crippen LogP contribution < -0.4 is 9.64 Å². The average Bonchev–Trinajstić information content (AvgIpc) is 2.27. The van der Waals surface area contributed by atoms with Crippen LogP contribution in [0.1, 0.15) is 32.3 Å². The number of likely N-dealkylation sites (N-methyl/N-ethyl adjacent to an activating group) is 1. The number of hydrogen-bond acceptors (Lipinski definition) is 3. The molecule has 0 unspecified atom stereocenters. The predicted molar refractivity (Wildman–Crippen MR) is 61.7 cm³/mol. The molecule has 0 saturated carbocycles. The fourth-order valence-corrected chi connectivity index (χ4v) is 1.79. The van der Waals surface area contributed by atoms with Crippen molar-refractivity contribution in [3.8, 4) is 5.75 Å². The summed E-state index contributed by atoms with van der Waals surface area (Å²) < 4.78 is 5.64. The first kappa shape index (κ1) is 10.3. The maximum Gasteiger partial charge on any atom is 0.171 e. The van der Waals surface area contributed by atoms with E-state index < -0.39 is 0 Å². The number of ether oxygens (including phenoxy) is 1. The Bertz CT molecular complexity index is 349. The van der Waals surface area contributed by atoms with Crippen LogP contribution in [0.2, 0.25) is 0 Å². The highest BCUT2D eigenvalue weighted by atomic mass is 16.5. The van der Waals surface area contributed by atoms with E-state index in [4.69, 9.17) is 4.74 Å². The van der Waals surface area contributed by atoms with Crippen molar-refractivity contribution in [1.29, 1.82) is 0 Å². The van der Waals surface area contributed by atoms with E-state index in [0.717, 1.165) is 31.3 Å². The van der Waals surface area contributed by atoms with Crippen molar-refractivity contribution in [1.82, 2.24) is 4.98 Å². The summed E-state index contributed by atoms with van der Waals surface area (Å²) in [6, 6.07) is 2.12. The van der Waals surface area contributed by atoms with Gasteiger partial charge in [-0.2, -0.15) is 0 Å². The first-order valence-electron chi connectivity index (χ1n) is 5.60. The van der Waals surface area contributed by atoms with Crippen LogP contribution in [0.5, 0.6) is 5.75 Å². The van der Waals surface area contributed by atoms with Crippen molar-refractivity contribution >= 4 is 5.82 Å². The Balaban J connectivity index is 2.36. The van der Waals surface area contributed by atoms with Crippen LogP contribution >= 0.6 is 0 Å². The number of rotatable bonds is 2. The maximum absolute atomic E-state index is 5.64. The van der Waals surface area contributed by atoms with Crippen molar-refractivity contribution < 1.29 is 4.74 Å². The maximum atomic E-state index is 5.64. The molecule has 1 aliphatic rings. The van der Waals surface area contributed by atoms with Crippen molar-refractivity contribution in [3.63, 3.8) is 0 Å². The summed E-state index contributed by atoms with van der Waals surface area (Å²) in [5.74, 6) is 2.44. The normalized spacial score (nSPS) is 15.1. The van der Waals surface area contributed by atoms with E-state index in [1.54, 1.807) is 0 Å². The Hall–Kier alpha value is -1.25. The molecule has 0 amide bonds. The van der Waals surface area contributed by atoms with Crippen LogP contribution in [0, 0.1) is 0 Å². The highest BCUT2D eigenvalue weighted by Crippen LogP contribution is 2.31. The van der Waals surface area contributed by atoms with E-state index in [1.807, 2.05) is 6.20 Å². The molecular formula is C12H18N2O. The van der Waals surface area contributed by atoms with Gasteiger partial charge in [-0.1, -0.05) is 13.8 Å². The molecular weight excluding hydrogens is 188 g/mol. The first-order valence-corrected chi connectivity index (χ1v) is 5.60. The molecule has 2 heterocycles. The quantitative estimate of drug-likeness (QED) is 0.743. The Morgan fingerprint density at radius 2 is 2.33 bits per heavy atom. The zero-order valence-corrected chi connectivity index (χ0v) is 9.66. The van der Waals surface area contributed by atoms with Crippen LogP contribution in [0.15, 0.2) is 12.3 Å². The molecule has 1 aliphatic heterocycles. The molecule has 0 spiro atoms. The summed E-state index contributed by atoms with van der Waals surface area (Å²) in [7, 11) is 0. The zero-order chi connectivity index (χ0) is 10.8. The van der Waals surface area contributed by atoms with Gasteiger partial charge in [-0.05, 0) is 24.5 Å². The van der Waals surface area contributed by atoms with Gasteiger partial charge >= 0.3 is 0 Å². The summed E-state index contributed by atoms with van der Waals surface area (Å²) in [5, 5.41) is 0. The minimum Gasteiger partial charge on any atom is -0.488 e. The van der Waals surface area contributed by atoms with Gasteiger partial charge in [-0.3, -0.25) is 0 Å². The molecule has 0 radical (unpaired) electrons. The number of anilines is 1. The molecule has 1 aromatic heterocycles. The number of hydrogen-bond donors (Lipinski definition) is 0. The van der Waals surface area contributed by atoms with Gasteiger partial charge in [-0.15, -0.1) is 0 Å². The molecule has 3 heteroatoms. The lowest BCUT2D eigenvalue weighted by Crippen LogP contribution is -2.33. The largest absolute Gasteiger partial charge is 0.488 e. The third-order valence-corrected chi connectivity index (χ3v) is 2.82. The standard InChI is InChI=1S/C12H18N2O/c1-4-14-5-6-15-11-7-10(9(2)3)8-13-12(11)14/h7-9H,4-6H2,1-3H3. The molecule has 3 nitrogen and oxygen atoms in total. The SMILES string of the molecule is CCN1CCOc2cc(C(C)C)cnc21. The molecule has 0 atom stereocenters. The molecule has 0 saturated heterocycles. The van der Waals surface area contributed by atoms with E-state index in [9.17, 15) is 0 Å². The summed E-state index contributed by atoms with van der Waals surface area (Å²) in [4.78, 5) is 6.75. The minimum absolute atomic E-state index is 0.503. The lowest BCUT2D eigenvalue weighted by Gasteiger charge is -2.29. The second-order valence-corrected chi connectivity index (χ2v) is 4.17. The van der Waals surface area contributed by atoms with E-state index >= 15 is 0 Å². The minimum atomic E-state index is 0.503. The van der Waals surface area contributed by atoms with E-state index in [-0.39, 0.29) is 0 Å². The number of pyridine rings is 1.